The highest BCUT2D eigenvalue weighted by molar-refractivity contribution is 7.80. The van der Waals surface area contributed by atoms with E-state index in [4.69, 9.17) is 12.2 Å². The highest BCUT2D eigenvalue weighted by atomic mass is 32.1. The number of hydrogen-bond donors (Lipinski definition) is 2. The molecule has 0 fully saturated rings. The summed E-state index contributed by atoms with van der Waals surface area (Å²) in [6.07, 6.45) is 9.08. The molecular weight excluding hydrogens is 292 g/mol. The zero-order valence-electron chi connectivity index (χ0n) is 13.8. The van der Waals surface area contributed by atoms with Gasteiger partial charge in [-0.1, -0.05) is 45.4 Å². The predicted molar refractivity (Wildman–Crippen MR) is 98.7 cm³/mol. The summed E-state index contributed by atoms with van der Waals surface area (Å²) in [5.41, 5.74) is 1.62. The summed E-state index contributed by atoms with van der Waals surface area (Å²) >= 11 is 5.27. The average Bonchev–Trinajstić information content (AvgIpc) is 2.50. The summed E-state index contributed by atoms with van der Waals surface area (Å²) in [4.78, 5) is 11.2. The highest BCUT2D eigenvalue weighted by Gasteiger charge is 2.00. The summed E-state index contributed by atoms with van der Waals surface area (Å²) in [6, 6.07) is 7.37. The molecule has 0 amide bonds. The highest BCUT2D eigenvalue weighted by Crippen LogP contribution is 2.10. The quantitative estimate of drug-likeness (QED) is 0.364. The van der Waals surface area contributed by atoms with Gasteiger partial charge in [-0.25, -0.2) is 0 Å². The van der Waals surface area contributed by atoms with Gasteiger partial charge < -0.3 is 10.6 Å². The maximum Gasteiger partial charge on any atom is 0.170 e. The summed E-state index contributed by atoms with van der Waals surface area (Å²) in [6.45, 7) is 4.72. The van der Waals surface area contributed by atoms with Gasteiger partial charge in [-0.3, -0.25) is 4.79 Å². The molecule has 3 nitrogen and oxygen atoms in total. The van der Waals surface area contributed by atoms with Gasteiger partial charge in [-0.15, -0.1) is 0 Å². The molecular formula is C18H28N2OS. The van der Waals surface area contributed by atoms with Crippen LogP contribution in [0.5, 0.6) is 0 Å². The van der Waals surface area contributed by atoms with Gasteiger partial charge in [0.15, 0.2) is 10.9 Å². The minimum atomic E-state index is 0.0752. The lowest BCUT2D eigenvalue weighted by atomic mass is 10.1. The van der Waals surface area contributed by atoms with Crippen molar-refractivity contribution >= 4 is 28.8 Å². The van der Waals surface area contributed by atoms with Crippen LogP contribution in [0.25, 0.3) is 0 Å². The van der Waals surface area contributed by atoms with E-state index < -0.39 is 0 Å². The Morgan fingerprint density at radius 1 is 1.00 bits per heavy atom. The van der Waals surface area contributed by atoms with Crippen molar-refractivity contribution in [1.29, 1.82) is 0 Å². The fraction of sp³-hybridized carbons (Fsp3) is 0.556. The molecule has 0 saturated heterocycles. The molecule has 1 aromatic rings. The van der Waals surface area contributed by atoms with E-state index in [0.29, 0.717) is 10.7 Å². The Kier molecular flexibility index (Phi) is 9.47. The van der Waals surface area contributed by atoms with Gasteiger partial charge in [0.1, 0.15) is 0 Å². The van der Waals surface area contributed by atoms with Crippen LogP contribution in [0.15, 0.2) is 24.3 Å². The molecule has 0 aliphatic rings. The molecule has 0 radical (unpaired) electrons. The van der Waals surface area contributed by atoms with Crippen molar-refractivity contribution in [2.45, 2.75) is 58.8 Å². The second kappa shape index (κ2) is 11.2. The minimum absolute atomic E-state index is 0.0752. The Hall–Kier alpha value is -1.42. The minimum Gasteiger partial charge on any atom is -0.362 e. The van der Waals surface area contributed by atoms with Gasteiger partial charge in [0.2, 0.25) is 0 Å². The number of anilines is 1. The topological polar surface area (TPSA) is 41.1 Å². The Labute approximate surface area is 139 Å². The van der Waals surface area contributed by atoms with Gasteiger partial charge in [0, 0.05) is 17.8 Å². The van der Waals surface area contributed by atoms with Crippen molar-refractivity contribution in [2.24, 2.45) is 0 Å². The van der Waals surface area contributed by atoms with Crippen LogP contribution in [0, 0.1) is 0 Å². The number of thiocarbonyl (C=S) groups is 1. The van der Waals surface area contributed by atoms with E-state index in [1.165, 1.54) is 38.5 Å². The van der Waals surface area contributed by atoms with E-state index in [0.717, 1.165) is 18.7 Å². The molecule has 22 heavy (non-hydrogen) atoms. The normalized spacial score (nSPS) is 10.3. The Morgan fingerprint density at radius 3 is 2.18 bits per heavy atom. The van der Waals surface area contributed by atoms with E-state index in [2.05, 4.69) is 17.6 Å². The van der Waals surface area contributed by atoms with Crippen LogP contribution in [0.4, 0.5) is 5.69 Å². The summed E-state index contributed by atoms with van der Waals surface area (Å²) in [7, 11) is 0. The van der Waals surface area contributed by atoms with Crippen LogP contribution in [0.3, 0.4) is 0 Å². The van der Waals surface area contributed by atoms with E-state index in [9.17, 15) is 4.79 Å². The van der Waals surface area contributed by atoms with E-state index in [1.807, 2.05) is 24.3 Å². The first-order valence-electron chi connectivity index (χ1n) is 8.29. The predicted octanol–water partition coefficient (Wildman–Crippen LogP) is 4.93. The van der Waals surface area contributed by atoms with Crippen molar-refractivity contribution in [2.75, 3.05) is 11.9 Å². The molecule has 0 spiro atoms. The number of carbonyl (C=O) groups is 1. The molecule has 0 heterocycles. The molecule has 0 bridgehead atoms. The molecule has 0 atom stereocenters. The third-order valence-electron chi connectivity index (χ3n) is 3.62. The van der Waals surface area contributed by atoms with Crippen LogP contribution >= 0.6 is 12.2 Å². The van der Waals surface area contributed by atoms with Gasteiger partial charge in [0.05, 0.1) is 0 Å². The summed E-state index contributed by atoms with van der Waals surface area (Å²) in [5.74, 6) is 0.0752. The van der Waals surface area contributed by atoms with E-state index >= 15 is 0 Å². The molecule has 1 rings (SSSR count). The number of ketones is 1. The van der Waals surface area contributed by atoms with Crippen LogP contribution < -0.4 is 10.6 Å². The smallest absolute Gasteiger partial charge is 0.170 e. The van der Waals surface area contributed by atoms with E-state index in [-0.39, 0.29) is 5.78 Å². The molecule has 0 aliphatic heterocycles. The van der Waals surface area contributed by atoms with Crippen molar-refractivity contribution in [1.82, 2.24) is 5.32 Å². The summed E-state index contributed by atoms with van der Waals surface area (Å²) < 4.78 is 0. The van der Waals surface area contributed by atoms with Crippen LogP contribution in [0.2, 0.25) is 0 Å². The fourth-order valence-electron chi connectivity index (χ4n) is 2.25. The molecule has 2 N–H and O–H groups in total. The number of carbonyl (C=O) groups excluding carboxylic acids is 1. The number of Topliss-reactive ketones (excluding diaryl/α,β-unsaturated/α-hetero) is 1. The van der Waals surface area contributed by atoms with Gasteiger partial charge in [0.25, 0.3) is 0 Å². The van der Waals surface area contributed by atoms with Crippen molar-refractivity contribution in [3.63, 3.8) is 0 Å². The zero-order chi connectivity index (χ0) is 16.2. The van der Waals surface area contributed by atoms with Gasteiger partial charge in [-0.2, -0.15) is 0 Å². The first-order chi connectivity index (χ1) is 10.6. The maximum absolute atomic E-state index is 11.2. The second-order valence-corrected chi connectivity index (χ2v) is 6.04. The molecule has 0 saturated carbocycles. The average molecular weight is 321 g/mol. The lowest BCUT2D eigenvalue weighted by molar-refractivity contribution is 0.101. The third-order valence-corrected chi connectivity index (χ3v) is 3.86. The lowest BCUT2D eigenvalue weighted by Gasteiger charge is -2.10. The molecule has 4 heteroatoms. The Morgan fingerprint density at radius 2 is 1.59 bits per heavy atom. The first kappa shape index (κ1) is 18.6. The number of hydrogen-bond acceptors (Lipinski definition) is 2. The lowest BCUT2D eigenvalue weighted by Crippen LogP contribution is -2.29. The largest absolute Gasteiger partial charge is 0.362 e. The SMILES string of the molecule is CCCCCCCCCNC(=S)Nc1ccc(C(C)=O)cc1. The number of benzene rings is 1. The second-order valence-electron chi connectivity index (χ2n) is 5.64. The molecule has 1 aromatic carbocycles. The van der Waals surface area contributed by atoms with Gasteiger partial charge in [-0.05, 0) is 49.8 Å². The standard InChI is InChI=1S/C18H28N2OS/c1-3-4-5-6-7-8-9-14-19-18(22)20-17-12-10-16(11-13-17)15(2)21/h10-13H,3-9,14H2,1-2H3,(H2,19,20,22). The van der Waals surface area contributed by atoms with Gasteiger partial charge >= 0.3 is 0 Å². The first-order valence-corrected chi connectivity index (χ1v) is 8.70. The van der Waals surface area contributed by atoms with Crippen LogP contribution in [-0.4, -0.2) is 17.4 Å². The Bertz CT molecular complexity index is 457. The molecule has 0 unspecified atom stereocenters. The third kappa shape index (κ3) is 8.13. The van der Waals surface area contributed by atoms with Crippen LogP contribution in [-0.2, 0) is 0 Å². The van der Waals surface area contributed by atoms with E-state index in [1.54, 1.807) is 6.92 Å². The van der Waals surface area contributed by atoms with Crippen molar-refractivity contribution < 1.29 is 4.79 Å². The van der Waals surface area contributed by atoms with Crippen LogP contribution in [0.1, 0.15) is 69.2 Å². The maximum atomic E-state index is 11.2. The molecule has 0 aliphatic carbocycles. The monoisotopic (exact) mass is 320 g/mol. The summed E-state index contributed by atoms with van der Waals surface area (Å²) in [5, 5.41) is 7.00. The fourth-order valence-corrected chi connectivity index (χ4v) is 2.47. The molecule has 0 aromatic heterocycles. The Balaban J connectivity index is 2.12. The van der Waals surface area contributed by atoms with Crippen molar-refractivity contribution in [3.8, 4) is 0 Å². The number of rotatable bonds is 10. The zero-order valence-corrected chi connectivity index (χ0v) is 14.6. The van der Waals surface area contributed by atoms with Crippen molar-refractivity contribution in [3.05, 3.63) is 29.8 Å². The number of nitrogens with one attached hydrogen (secondary N) is 2. The number of unbranched alkanes of at least 4 members (excludes halogenated alkanes) is 6. The molecule has 122 valence electrons.